The third-order valence-corrected chi connectivity index (χ3v) is 4.16. The molecule has 0 aromatic heterocycles. The van der Waals surface area contributed by atoms with E-state index in [-0.39, 0.29) is 18.3 Å². The molecule has 2 N–H and O–H groups in total. The maximum absolute atomic E-state index is 13.1. The van der Waals surface area contributed by atoms with Crippen molar-refractivity contribution in [2.45, 2.75) is 0 Å². The van der Waals surface area contributed by atoms with Crippen molar-refractivity contribution in [3.8, 4) is 0 Å². The fourth-order valence-electron chi connectivity index (χ4n) is 2.88. The van der Waals surface area contributed by atoms with E-state index in [4.69, 9.17) is 5.21 Å². The maximum Gasteiger partial charge on any atom is 0.267 e. The van der Waals surface area contributed by atoms with E-state index >= 15 is 0 Å². The summed E-state index contributed by atoms with van der Waals surface area (Å²) in [5.74, 6) is -1.05. The second-order valence-corrected chi connectivity index (χ2v) is 5.81. The number of hydrogen-bond acceptors (Lipinski definition) is 4. The molecule has 0 atom stereocenters. The second kappa shape index (κ2) is 7.79. The van der Waals surface area contributed by atoms with Gasteiger partial charge in [-0.2, -0.15) is 0 Å². The number of piperazine rings is 1. The highest BCUT2D eigenvalue weighted by molar-refractivity contribution is 6.00. The predicted octanol–water partition coefficient (Wildman–Crippen LogP) is 2.20. The van der Waals surface area contributed by atoms with Crippen LogP contribution in [0.1, 0.15) is 5.56 Å². The number of anilines is 2. The molecule has 1 heterocycles. The highest BCUT2D eigenvalue weighted by Crippen LogP contribution is 2.25. The van der Waals surface area contributed by atoms with Gasteiger partial charge in [0, 0.05) is 24.9 Å². The highest BCUT2D eigenvalue weighted by Gasteiger charge is 2.26. The molecule has 2 aromatic carbocycles. The number of carbonyl (C=O) groups is 2. The van der Waals surface area contributed by atoms with E-state index in [1.54, 1.807) is 35.2 Å². The molecule has 0 aliphatic carbocycles. The zero-order chi connectivity index (χ0) is 18.5. The van der Waals surface area contributed by atoms with Crippen LogP contribution in [0.5, 0.6) is 0 Å². The minimum atomic E-state index is -0.646. The molecular formula is C19H18FN3O3. The van der Waals surface area contributed by atoms with Crippen LogP contribution in [0.15, 0.2) is 54.6 Å². The van der Waals surface area contributed by atoms with Crippen molar-refractivity contribution in [3.05, 3.63) is 66.0 Å². The molecule has 134 valence electrons. The Morgan fingerprint density at radius 1 is 1.12 bits per heavy atom. The topological polar surface area (TPSA) is 72.9 Å². The zero-order valence-corrected chi connectivity index (χ0v) is 13.9. The molecule has 1 aliphatic heterocycles. The van der Waals surface area contributed by atoms with Crippen molar-refractivity contribution in [2.75, 3.05) is 29.4 Å². The van der Waals surface area contributed by atoms with E-state index in [0.717, 1.165) is 5.69 Å². The first-order valence-electron chi connectivity index (χ1n) is 8.10. The first-order chi connectivity index (χ1) is 12.6. The van der Waals surface area contributed by atoms with E-state index in [1.165, 1.54) is 23.7 Å². The number of para-hydroxylation sites is 1. The first kappa shape index (κ1) is 17.6. The molecule has 0 unspecified atom stereocenters. The minimum absolute atomic E-state index is 0.0898. The molecule has 7 heteroatoms. The Morgan fingerprint density at radius 2 is 1.85 bits per heavy atom. The van der Waals surface area contributed by atoms with E-state index in [0.29, 0.717) is 24.3 Å². The summed E-state index contributed by atoms with van der Waals surface area (Å²) in [6, 6.07) is 13.3. The molecule has 0 spiro atoms. The molecule has 6 nitrogen and oxygen atoms in total. The van der Waals surface area contributed by atoms with Gasteiger partial charge in [0.15, 0.2) is 0 Å². The molecule has 1 saturated heterocycles. The number of benzene rings is 2. The number of nitrogens with one attached hydrogen (secondary N) is 1. The normalized spacial score (nSPS) is 14.8. The van der Waals surface area contributed by atoms with Gasteiger partial charge in [0.1, 0.15) is 5.82 Å². The Bertz CT molecular complexity index is 836. The fourth-order valence-corrected chi connectivity index (χ4v) is 2.88. The molecule has 26 heavy (non-hydrogen) atoms. The number of hydrogen-bond donors (Lipinski definition) is 2. The number of halogens is 1. The molecule has 1 aliphatic rings. The third kappa shape index (κ3) is 3.89. The Balaban J connectivity index is 1.78. The summed E-state index contributed by atoms with van der Waals surface area (Å²) in [5, 5.41) is 8.58. The molecule has 3 rings (SSSR count). The van der Waals surface area contributed by atoms with Gasteiger partial charge in [0.2, 0.25) is 5.91 Å². The third-order valence-electron chi connectivity index (χ3n) is 4.16. The summed E-state index contributed by atoms with van der Waals surface area (Å²) in [7, 11) is 0. The lowest BCUT2D eigenvalue weighted by molar-refractivity contribution is -0.124. The molecule has 0 bridgehead atoms. The number of carbonyl (C=O) groups excluding carboxylic acids is 2. The SMILES string of the molecule is O=C(/C=C/c1ccccc1N1CCN(c2ccc(F)cc2)CC1=O)NO. The molecule has 1 fully saturated rings. The molecule has 2 amide bonds. The lowest BCUT2D eigenvalue weighted by Crippen LogP contribution is -2.50. The van der Waals surface area contributed by atoms with Crippen molar-refractivity contribution in [2.24, 2.45) is 0 Å². The van der Waals surface area contributed by atoms with Crippen LogP contribution in [-0.2, 0) is 9.59 Å². The van der Waals surface area contributed by atoms with Crippen molar-refractivity contribution in [1.29, 1.82) is 0 Å². The monoisotopic (exact) mass is 355 g/mol. The van der Waals surface area contributed by atoms with E-state index in [9.17, 15) is 14.0 Å². The maximum atomic E-state index is 13.1. The van der Waals surface area contributed by atoms with Crippen LogP contribution in [0, 0.1) is 5.82 Å². The van der Waals surface area contributed by atoms with Crippen molar-refractivity contribution in [3.63, 3.8) is 0 Å². The molecular weight excluding hydrogens is 337 g/mol. The Labute approximate surface area is 150 Å². The zero-order valence-electron chi connectivity index (χ0n) is 13.9. The van der Waals surface area contributed by atoms with Gasteiger partial charge in [0.05, 0.1) is 12.2 Å². The Kier molecular flexibility index (Phi) is 5.28. The number of amides is 2. The standard InChI is InChI=1S/C19H18FN3O3/c20-15-6-8-16(9-7-15)22-11-12-23(19(25)13-22)17-4-2-1-3-14(17)5-10-18(24)21-26/h1-10,26H,11-13H2,(H,21,24)/b10-5+. The summed E-state index contributed by atoms with van der Waals surface area (Å²) < 4.78 is 13.1. The van der Waals surface area contributed by atoms with Crippen LogP contribution < -0.4 is 15.3 Å². The minimum Gasteiger partial charge on any atom is -0.360 e. The van der Waals surface area contributed by atoms with Gasteiger partial charge in [-0.25, -0.2) is 9.87 Å². The van der Waals surface area contributed by atoms with E-state index in [1.807, 2.05) is 17.0 Å². The van der Waals surface area contributed by atoms with Crippen LogP contribution >= 0.6 is 0 Å². The van der Waals surface area contributed by atoms with Crippen molar-refractivity contribution >= 4 is 29.3 Å². The number of nitrogens with zero attached hydrogens (tertiary/aromatic N) is 2. The summed E-state index contributed by atoms with van der Waals surface area (Å²) in [6.45, 7) is 1.25. The average molecular weight is 355 g/mol. The van der Waals surface area contributed by atoms with E-state index in [2.05, 4.69) is 0 Å². The van der Waals surface area contributed by atoms with Gasteiger partial charge in [-0.15, -0.1) is 0 Å². The number of hydroxylamine groups is 1. The van der Waals surface area contributed by atoms with Gasteiger partial charge in [-0.1, -0.05) is 18.2 Å². The second-order valence-electron chi connectivity index (χ2n) is 5.81. The highest BCUT2D eigenvalue weighted by atomic mass is 19.1. The van der Waals surface area contributed by atoms with Crippen LogP contribution in [0.25, 0.3) is 6.08 Å². The summed E-state index contributed by atoms with van der Waals surface area (Å²) in [4.78, 5) is 27.4. The summed E-state index contributed by atoms with van der Waals surface area (Å²) in [6.07, 6.45) is 2.73. The Morgan fingerprint density at radius 3 is 2.54 bits per heavy atom. The van der Waals surface area contributed by atoms with Gasteiger partial charge in [-0.05, 0) is 42.0 Å². The number of rotatable bonds is 4. The van der Waals surface area contributed by atoms with E-state index < -0.39 is 5.91 Å². The summed E-state index contributed by atoms with van der Waals surface area (Å²) in [5.41, 5.74) is 3.72. The lowest BCUT2D eigenvalue weighted by atomic mass is 10.1. The van der Waals surface area contributed by atoms with Gasteiger partial charge in [-0.3, -0.25) is 14.8 Å². The molecule has 0 radical (unpaired) electrons. The quantitative estimate of drug-likeness (QED) is 0.501. The van der Waals surface area contributed by atoms with Gasteiger partial charge < -0.3 is 9.80 Å². The molecule has 0 saturated carbocycles. The van der Waals surface area contributed by atoms with Gasteiger partial charge >= 0.3 is 0 Å². The van der Waals surface area contributed by atoms with Crippen LogP contribution in [-0.4, -0.2) is 36.7 Å². The average Bonchev–Trinajstić information content (AvgIpc) is 2.67. The van der Waals surface area contributed by atoms with Gasteiger partial charge in [0.25, 0.3) is 5.91 Å². The van der Waals surface area contributed by atoms with Crippen LogP contribution in [0.4, 0.5) is 15.8 Å². The predicted molar refractivity (Wildman–Crippen MR) is 96.4 cm³/mol. The first-order valence-corrected chi connectivity index (χ1v) is 8.10. The fraction of sp³-hybridized carbons (Fsp3) is 0.158. The van der Waals surface area contributed by atoms with Crippen molar-refractivity contribution < 1.29 is 19.2 Å². The summed E-state index contributed by atoms with van der Waals surface area (Å²) >= 11 is 0. The Hall–Kier alpha value is -3.19. The largest absolute Gasteiger partial charge is 0.360 e. The van der Waals surface area contributed by atoms with Crippen LogP contribution in [0.2, 0.25) is 0 Å². The smallest absolute Gasteiger partial charge is 0.267 e. The van der Waals surface area contributed by atoms with Crippen molar-refractivity contribution in [1.82, 2.24) is 5.48 Å². The lowest BCUT2D eigenvalue weighted by Gasteiger charge is -2.36. The molecule has 2 aromatic rings. The van der Waals surface area contributed by atoms with Crippen LogP contribution in [0.3, 0.4) is 0 Å².